The van der Waals surface area contributed by atoms with E-state index in [0.29, 0.717) is 17.1 Å². The van der Waals surface area contributed by atoms with Crippen molar-refractivity contribution in [3.8, 4) is 0 Å². The van der Waals surface area contributed by atoms with E-state index >= 15 is 0 Å². The van der Waals surface area contributed by atoms with Crippen molar-refractivity contribution in [2.24, 2.45) is 11.8 Å². The van der Waals surface area contributed by atoms with Crippen LogP contribution in [0, 0.1) is 23.5 Å². The van der Waals surface area contributed by atoms with Crippen LogP contribution >= 0.6 is 0 Å². The predicted molar refractivity (Wildman–Crippen MR) is 105 cm³/mol. The molecule has 1 rings (SSSR count). The first-order valence-corrected chi connectivity index (χ1v) is 9.36. The lowest BCUT2D eigenvalue weighted by Gasteiger charge is -2.16. The molecular formula is C23H32F2. The molecule has 0 fully saturated rings. The van der Waals surface area contributed by atoms with Crippen LogP contribution in [0.3, 0.4) is 0 Å². The van der Waals surface area contributed by atoms with E-state index in [4.69, 9.17) is 0 Å². The van der Waals surface area contributed by atoms with Crippen LogP contribution in [0.25, 0.3) is 5.57 Å². The van der Waals surface area contributed by atoms with Gasteiger partial charge in [-0.25, -0.2) is 8.78 Å². The second kappa shape index (κ2) is 11.0. The summed E-state index contributed by atoms with van der Waals surface area (Å²) in [6.07, 6.45) is 11.3. The van der Waals surface area contributed by atoms with Crippen molar-refractivity contribution >= 4 is 5.57 Å². The van der Waals surface area contributed by atoms with Gasteiger partial charge in [-0.1, -0.05) is 89.8 Å². The Morgan fingerprint density at radius 2 is 1.72 bits per heavy atom. The largest absolute Gasteiger partial charge is 0.204 e. The molecule has 0 aliphatic carbocycles. The first kappa shape index (κ1) is 21.3. The maximum absolute atomic E-state index is 13.3. The summed E-state index contributed by atoms with van der Waals surface area (Å²) < 4.78 is 26.3. The number of allylic oxidation sites excluding steroid dienone is 4. The van der Waals surface area contributed by atoms with Gasteiger partial charge in [-0.2, -0.15) is 0 Å². The van der Waals surface area contributed by atoms with Crippen molar-refractivity contribution in [1.82, 2.24) is 0 Å². The van der Waals surface area contributed by atoms with E-state index in [2.05, 4.69) is 33.9 Å². The van der Waals surface area contributed by atoms with E-state index in [1.54, 1.807) is 0 Å². The number of rotatable bonds is 11. The molecule has 2 atom stereocenters. The Morgan fingerprint density at radius 1 is 1.00 bits per heavy atom. The first-order chi connectivity index (χ1) is 11.8. The SMILES string of the molecule is C=C(C=CC(=C)C(C)CCC(C)CCCCC)c1ccc(F)c(F)c1. The van der Waals surface area contributed by atoms with Crippen molar-refractivity contribution in [3.05, 3.63) is 66.3 Å². The van der Waals surface area contributed by atoms with Crippen molar-refractivity contribution in [2.45, 2.75) is 59.3 Å². The van der Waals surface area contributed by atoms with E-state index in [1.165, 1.54) is 44.2 Å². The quantitative estimate of drug-likeness (QED) is 0.284. The van der Waals surface area contributed by atoms with Gasteiger partial charge in [0.2, 0.25) is 0 Å². The summed E-state index contributed by atoms with van der Waals surface area (Å²) in [6, 6.07) is 3.84. The highest BCUT2D eigenvalue weighted by Crippen LogP contribution is 2.24. The van der Waals surface area contributed by atoms with Gasteiger partial charge in [0.1, 0.15) is 0 Å². The van der Waals surface area contributed by atoms with Crippen LogP contribution in [0.4, 0.5) is 8.78 Å². The highest BCUT2D eigenvalue weighted by atomic mass is 19.2. The minimum atomic E-state index is -0.851. The van der Waals surface area contributed by atoms with Gasteiger partial charge in [0.15, 0.2) is 11.6 Å². The number of halogens is 2. The Kier molecular flexibility index (Phi) is 9.41. The molecule has 0 nitrogen and oxygen atoms in total. The van der Waals surface area contributed by atoms with Gasteiger partial charge in [0.25, 0.3) is 0 Å². The monoisotopic (exact) mass is 346 g/mol. The molecule has 2 heteroatoms. The molecule has 0 saturated carbocycles. The summed E-state index contributed by atoms with van der Waals surface area (Å²) in [6.45, 7) is 14.8. The molecule has 25 heavy (non-hydrogen) atoms. The second-order valence-corrected chi connectivity index (χ2v) is 7.14. The van der Waals surface area contributed by atoms with Crippen LogP contribution < -0.4 is 0 Å². The third-order valence-corrected chi connectivity index (χ3v) is 4.81. The van der Waals surface area contributed by atoms with Crippen LogP contribution in [-0.2, 0) is 0 Å². The maximum atomic E-state index is 13.3. The van der Waals surface area contributed by atoms with Gasteiger partial charge in [0.05, 0.1) is 0 Å². The lowest BCUT2D eigenvalue weighted by atomic mass is 9.90. The molecule has 138 valence electrons. The van der Waals surface area contributed by atoms with Crippen LogP contribution in [0.5, 0.6) is 0 Å². The molecule has 0 saturated heterocycles. The van der Waals surface area contributed by atoms with Crippen LogP contribution in [0.1, 0.15) is 64.9 Å². The van der Waals surface area contributed by atoms with Gasteiger partial charge in [-0.3, -0.25) is 0 Å². The molecule has 2 unspecified atom stereocenters. The topological polar surface area (TPSA) is 0 Å². The lowest BCUT2D eigenvalue weighted by molar-refractivity contribution is 0.423. The minimum absolute atomic E-state index is 0.405. The van der Waals surface area contributed by atoms with Crippen molar-refractivity contribution in [2.75, 3.05) is 0 Å². The van der Waals surface area contributed by atoms with E-state index < -0.39 is 11.6 Å². The minimum Gasteiger partial charge on any atom is -0.204 e. The zero-order valence-corrected chi connectivity index (χ0v) is 16.0. The fourth-order valence-electron chi connectivity index (χ4n) is 2.77. The molecule has 0 bridgehead atoms. The summed E-state index contributed by atoms with van der Waals surface area (Å²) in [4.78, 5) is 0. The third-order valence-electron chi connectivity index (χ3n) is 4.81. The zero-order valence-electron chi connectivity index (χ0n) is 16.0. The van der Waals surface area contributed by atoms with Crippen LogP contribution in [-0.4, -0.2) is 0 Å². The standard InChI is InChI=1S/C23H32F2/c1-6-7-8-9-17(2)10-11-18(3)19(4)12-13-20(5)21-14-15-22(24)23(25)16-21/h12-18H,4-11H2,1-3H3. The molecule has 0 heterocycles. The van der Waals surface area contributed by atoms with E-state index in [0.717, 1.165) is 24.0 Å². The maximum Gasteiger partial charge on any atom is 0.159 e. The molecule has 0 amide bonds. The summed E-state index contributed by atoms with van der Waals surface area (Å²) in [5.74, 6) is -0.534. The average Bonchev–Trinajstić information content (AvgIpc) is 2.59. The van der Waals surface area contributed by atoms with Gasteiger partial charge in [0, 0.05) is 0 Å². The molecule has 0 aliphatic rings. The smallest absolute Gasteiger partial charge is 0.159 e. The van der Waals surface area contributed by atoms with E-state index in [-0.39, 0.29) is 0 Å². The van der Waals surface area contributed by atoms with Gasteiger partial charge < -0.3 is 0 Å². The molecule has 0 radical (unpaired) electrons. The van der Waals surface area contributed by atoms with Crippen molar-refractivity contribution < 1.29 is 8.78 Å². The highest BCUT2D eigenvalue weighted by molar-refractivity contribution is 5.72. The predicted octanol–water partition coefficient (Wildman–Crippen LogP) is 7.72. The number of unbranched alkanes of at least 4 members (excludes halogenated alkanes) is 2. The Labute approximate surface area is 152 Å². The highest BCUT2D eigenvalue weighted by Gasteiger charge is 2.09. The van der Waals surface area contributed by atoms with E-state index in [1.807, 2.05) is 12.2 Å². The number of benzene rings is 1. The molecule has 0 spiro atoms. The molecule has 0 aliphatic heterocycles. The van der Waals surface area contributed by atoms with E-state index in [9.17, 15) is 8.78 Å². The Balaban J connectivity index is 2.46. The fraction of sp³-hybridized carbons (Fsp3) is 0.478. The third kappa shape index (κ3) is 7.81. The van der Waals surface area contributed by atoms with Crippen LogP contribution in [0.2, 0.25) is 0 Å². The zero-order chi connectivity index (χ0) is 18.8. The summed E-state index contributed by atoms with van der Waals surface area (Å²) in [7, 11) is 0. The summed E-state index contributed by atoms with van der Waals surface area (Å²) in [5.41, 5.74) is 2.28. The summed E-state index contributed by atoms with van der Waals surface area (Å²) in [5, 5.41) is 0. The lowest BCUT2D eigenvalue weighted by Crippen LogP contribution is -2.02. The van der Waals surface area contributed by atoms with Gasteiger partial charge in [-0.05, 0) is 41.5 Å². The van der Waals surface area contributed by atoms with Crippen molar-refractivity contribution in [3.63, 3.8) is 0 Å². The van der Waals surface area contributed by atoms with Gasteiger partial charge >= 0.3 is 0 Å². The summed E-state index contributed by atoms with van der Waals surface area (Å²) >= 11 is 0. The Bertz CT molecular complexity index is 598. The molecule has 0 N–H and O–H groups in total. The molecule has 1 aromatic rings. The molecule has 1 aromatic carbocycles. The normalized spacial score (nSPS) is 13.8. The molecular weight excluding hydrogens is 314 g/mol. The van der Waals surface area contributed by atoms with Crippen molar-refractivity contribution in [1.29, 1.82) is 0 Å². The van der Waals surface area contributed by atoms with Crippen LogP contribution in [0.15, 0.2) is 49.1 Å². The molecule has 0 aromatic heterocycles. The average molecular weight is 347 g/mol. The Morgan fingerprint density at radius 3 is 2.36 bits per heavy atom. The Hall–Kier alpha value is -1.70. The first-order valence-electron chi connectivity index (χ1n) is 9.36. The second-order valence-electron chi connectivity index (χ2n) is 7.14. The number of hydrogen-bond acceptors (Lipinski definition) is 0. The van der Waals surface area contributed by atoms with Gasteiger partial charge in [-0.15, -0.1) is 0 Å². The number of hydrogen-bond donors (Lipinski definition) is 0. The fourth-order valence-corrected chi connectivity index (χ4v) is 2.77.